The van der Waals surface area contributed by atoms with E-state index in [0.29, 0.717) is 12.0 Å². The Kier molecular flexibility index (Phi) is 2.35. The van der Waals surface area contributed by atoms with Crippen molar-refractivity contribution in [1.29, 1.82) is 0 Å². The van der Waals surface area contributed by atoms with Gasteiger partial charge >= 0.3 is 0 Å². The van der Waals surface area contributed by atoms with E-state index in [9.17, 15) is 0 Å². The summed E-state index contributed by atoms with van der Waals surface area (Å²) in [5.41, 5.74) is 1.42. The van der Waals surface area contributed by atoms with E-state index < -0.39 is 0 Å². The van der Waals surface area contributed by atoms with Gasteiger partial charge in [-0.15, -0.1) is 0 Å². The molecule has 68 valence electrons. The number of benzene rings is 1. The van der Waals surface area contributed by atoms with Gasteiger partial charge in [-0.3, -0.25) is 0 Å². The van der Waals surface area contributed by atoms with Crippen LogP contribution < -0.4 is 5.32 Å². The van der Waals surface area contributed by atoms with E-state index in [1.165, 1.54) is 12.0 Å². The van der Waals surface area contributed by atoms with E-state index in [2.05, 4.69) is 54.8 Å². The molecule has 0 saturated carbocycles. The highest BCUT2D eigenvalue weighted by atomic mass is 14.9. The zero-order valence-corrected chi connectivity index (χ0v) is 7.90. The number of allylic oxidation sites excluding steroid dienone is 1. The lowest BCUT2D eigenvalue weighted by Crippen LogP contribution is -2.26. The van der Waals surface area contributed by atoms with Gasteiger partial charge < -0.3 is 5.32 Å². The largest absolute Gasteiger partial charge is 0.389 e. The second-order valence-corrected chi connectivity index (χ2v) is 3.68. The van der Waals surface area contributed by atoms with Gasteiger partial charge in [0.1, 0.15) is 0 Å². The van der Waals surface area contributed by atoms with Crippen molar-refractivity contribution < 1.29 is 0 Å². The van der Waals surface area contributed by atoms with Crippen LogP contribution in [0.3, 0.4) is 0 Å². The van der Waals surface area contributed by atoms with Crippen LogP contribution >= 0.6 is 0 Å². The molecule has 1 heterocycles. The molecule has 0 amide bonds. The van der Waals surface area contributed by atoms with Gasteiger partial charge in [-0.2, -0.15) is 0 Å². The predicted molar refractivity (Wildman–Crippen MR) is 55.5 cm³/mol. The predicted octanol–water partition coefficient (Wildman–Crippen LogP) is 2.67. The van der Waals surface area contributed by atoms with Crippen LogP contribution in [0.15, 0.2) is 42.6 Å². The zero-order chi connectivity index (χ0) is 9.10. The molecule has 2 unspecified atom stereocenters. The van der Waals surface area contributed by atoms with Gasteiger partial charge in [0.05, 0.1) is 0 Å². The first-order chi connectivity index (χ1) is 6.36. The minimum absolute atomic E-state index is 0.593. The first-order valence-corrected chi connectivity index (χ1v) is 4.84. The van der Waals surface area contributed by atoms with Crippen molar-refractivity contribution in [1.82, 2.24) is 5.32 Å². The van der Waals surface area contributed by atoms with E-state index in [1.807, 2.05) is 0 Å². The van der Waals surface area contributed by atoms with Gasteiger partial charge in [0, 0.05) is 12.0 Å². The number of rotatable bonds is 1. The standard InChI is InChI=1S/C12H15N/c1-10-9-12(7-8-13-10)11-5-3-2-4-6-11/h2-8,10,12-13H,9H2,1H3. The van der Waals surface area contributed by atoms with Crippen LogP contribution in [0, 0.1) is 0 Å². The summed E-state index contributed by atoms with van der Waals surface area (Å²) in [6.45, 7) is 2.22. The third kappa shape index (κ3) is 1.92. The molecule has 0 aromatic heterocycles. The Labute approximate surface area is 79.5 Å². The molecular formula is C12H15N. The second-order valence-electron chi connectivity index (χ2n) is 3.68. The molecule has 0 aliphatic carbocycles. The minimum Gasteiger partial charge on any atom is -0.389 e. The lowest BCUT2D eigenvalue weighted by molar-refractivity contribution is 0.528. The molecule has 1 aromatic rings. The minimum atomic E-state index is 0.593. The fourth-order valence-corrected chi connectivity index (χ4v) is 1.81. The van der Waals surface area contributed by atoms with Gasteiger partial charge in [0.15, 0.2) is 0 Å². The summed E-state index contributed by atoms with van der Waals surface area (Å²) in [5, 5.41) is 3.30. The highest BCUT2D eigenvalue weighted by Crippen LogP contribution is 2.24. The molecule has 0 saturated heterocycles. The Hall–Kier alpha value is -1.24. The summed E-state index contributed by atoms with van der Waals surface area (Å²) in [5.74, 6) is 0.595. The Bertz CT molecular complexity index is 289. The van der Waals surface area contributed by atoms with Crippen molar-refractivity contribution in [2.24, 2.45) is 0 Å². The van der Waals surface area contributed by atoms with Crippen LogP contribution in [-0.2, 0) is 0 Å². The molecule has 0 spiro atoms. The summed E-state index contributed by atoms with van der Waals surface area (Å²) in [7, 11) is 0. The summed E-state index contributed by atoms with van der Waals surface area (Å²) in [6, 6.07) is 11.3. The van der Waals surface area contributed by atoms with Crippen molar-refractivity contribution in [3.05, 3.63) is 48.2 Å². The van der Waals surface area contributed by atoms with E-state index in [-0.39, 0.29) is 0 Å². The summed E-state index contributed by atoms with van der Waals surface area (Å²) in [4.78, 5) is 0. The van der Waals surface area contributed by atoms with E-state index in [1.54, 1.807) is 0 Å². The number of hydrogen-bond acceptors (Lipinski definition) is 1. The first kappa shape index (κ1) is 8.36. The third-order valence-electron chi connectivity index (χ3n) is 2.54. The van der Waals surface area contributed by atoms with Crippen LogP contribution in [0.2, 0.25) is 0 Å². The topological polar surface area (TPSA) is 12.0 Å². The van der Waals surface area contributed by atoms with Crippen molar-refractivity contribution in [2.75, 3.05) is 0 Å². The Morgan fingerprint density at radius 3 is 2.69 bits per heavy atom. The third-order valence-corrected chi connectivity index (χ3v) is 2.54. The Morgan fingerprint density at radius 1 is 1.23 bits per heavy atom. The van der Waals surface area contributed by atoms with Crippen molar-refractivity contribution >= 4 is 0 Å². The summed E-state index contributed by atoms with van der Waals surface area (Å²) < 4.78 is 0. The molecule has 2 rings (SSSR count). The molecule has 1 aliphatic heterocycles. The lowest BCUT2D eigenvalue weighted by Gasteiger charge is -2.23. The fraction of sp³-hybridized carbons (Fsp3) is 0.333. The van der Waals surface area contributed by atoms with E-state index in [4.69, 9.17) is 0 Å². The molecule has 1 heteroatoms. The quantitative estimate of drug-likeness (QED) is 0.688. The monoisotopic (exact) mass is 173 g/mol. The maximum absolute atomic E-state index is 3.30. The molecule has 2 atom stereocenters. The molecular weight excluding hydrogens is 158 g/mol. The SMILES string of the molecule is CC1CC(c2ccccc2)C=CN1. The molecule has 0 bridgehead atoms. The van der Waals surface area contributed by atoms with Crippen LogP contribution in [0.4, 0.5) is 0 Å². The van der Waals surface area contributed by atoms with Crippen LogP contribution in [0.25, 0.3) is 0 Å². The van der Waals surface area contributed by atoms with Gasteiger partial charge in [-0.1, -0.05) is 36.4 Å². The highest BCUT2D eigenvalue weighted by Gasteiger charge is 2.14. The maximum Gasteiger partial charge on any atom is 0.0236 e. The normalized spacial score (nSPS) is 26.8. The molecule has 0 radical (unpaired) electrons. The van der Waals surface area contributed by atoms with Gasteiger partial charge in [-0.25, -0.2) is 0 Å². The number of hydrogen-bond donors (Lipinski definition) is 1. The fourth-order valence-electron chi connectivity index (χ4n) is 1.81. The molecule has 0 fully saturated rings. The summed E-state index contributed by atoms with van der Waals surface area (Å²) >= 11 is 0. The van der Waals surface area contributed by atoms with Gasteiger partial charge in [0.25, 0.3) is 0 Å². The van der Waals surface area contributed by atoms with E-state index in [0.717, 1.165) is 0 Å². The average molecular weight is 173 g/mol. The molecule has 1 nitrogen and oxygen atoms in total. The van der Waals surface area contributed by atoms with Crippen molar-refractivity contribution in [3.63, 3.8) is 0 Å². The van der Waals surface area contributed by atoms with Crippen LogP contribution in [0.1, 0.15) is 24.8 Å². The Balaban J connectivity index is 2.18. The van der Waals surface area contributed by atoms with Crippen LogP contribution in [0.5, 0.6) is 0 Å². The zero-order valence-electron chi connectivity index (χ0n) is 7.90. The van der Waals surface area contributed by atoms with E-state index >= 15 is 0 Å². The number of nitrogens with one attached hydrogen (secondary N) is 1. The van der Waals surface area contributed by atoms with Crippen molar-refractivity contribution in [3.8, 4) is 0 Å². The molecule has 13 heavy (non-hydrogen) atoms. The second kappa shape index (κ2) is 3.65. The molecule has 1 aliphatic rings. The van der Waals surface area contributed by atoms with Crippen molar-refractivity contribution in [2.45, 2.75) is 25.3 Å². The first-order valence-electron chi connectivity index (χ1n) is 4.84. The average Bonchev–Trinajstić information content (AvgIpc) is 2.19. The molecule has 1 N–H and O–H groups in total. The molecule has 1 aromatic carbocycles. The van der Waals surface area contributed by atoms with Gasteiger partial charge in [-0.05, 0) is 25.1 Å². The maximum atomic E-state index is 3.30. The Morgan fingerprint density at radius 2 is 2.00 bits per heavy atom. The van der Waals surface area contributed by atoms with Gasteiger partial charge in [0.2, 0.25) is 0 Å². The van der Waals surface area contributed by atoms with Crippen LogP contribution in [-0.4, -0.2) is 6.04 Å². The lowest BCUT2D eigenvalue weighted by atomic mass is 9.91. The smallest absolute Gasteiger partial charge is 0.0236 e. The summed E-state index contributed by atoms with van der Waals surface area (Å²) in [6.07, 6.45) is 5.52. The highest BCUT2D eigenvalue weighted by molar-refractivity contribution is 5.25.